The van der Waals surface area contributed by atoms with E-state index in [0.29, 0.717) is 18.6 Å². The molecular formula is C23H26FN3O3. The SMILES string of the molecule is Cc1ncnc2c1ccn2[C@@H]1C[C@H](Oc2ccc(F)c3c2[C@H](C)CCC3)[C@@H](O)[C@H]1O. The molecule has 1 fully saturated rings. The van der Waals surface area contributed by atoms with E-state index in [1.165, 1.54) is 12.4 Å². The normalized spacial score (nSPS) is 28.6. The highest BCUT2D eigenvalue weighted by Gasteiger charge is 2.45. The maximum Gasteiger partial charge on any atom is 0.143 e. The molecule has 5 rings (SSSR count). The number of ether oxygens (including phenoxy) is 1. The molecule has 0 bridgehead atoms. The highest BCUT2D eigenvalue weighted by atomic mass is 19.1. The third kappa shape index (κ3) is 2.99. The van der Waals surface area contributed by atoms with Gasteiger partial charge in [0, 0.05) is 23.6 Å². The molecule has 0 spiro atoms. The van der Waals surface area contributed by atoms with Gasteiger partial charge in [0.15, 0.2) is 0 Å². The Morgan fingerprint density at radius 2 is 2.00 bits per heavy atom. The van der Waals surface area contributed by atoms with Gasteiger partial charge >= 0.3 is 0 Å². The van der Waals surface area contributed by atoms with Crippen LogP contribution in [0.5, 0.6) is 5.75 Å². The molecule has 1 aromatic carbocycles. The van der Waals surface area contributed by atoms with Crippen molar-refractivity contribution in [2.24, 2.45) is 0 Å². The Morgan fingerprint density at radius 3 is 2.83 bits per heavy atom. The molecule has 2 aliphatic carbocycles. The molecule has 6 nitrogen and oxygen atoms in total. The van der Waals surface area contributed by atoms with Gasteiger partial charge in [0.25, 0.3) is 0 Å². The van der Waals surface area contributed by atoms with E-state index in [9.17, 15) is 14.6 Å². The van der Waals surface area contributed by atoms with Crippen molar-refractivity contribution in [3.63, 3.8) is 0 Å². The van der Waals surface area contributed by atoms with Crippen LogP contribution in [0.25, 0.3) is 11.0 Å². The second-order valence-corrected chi connectivity index (χ2v) is 8.59. The van der Waals surface area contributed by atoms with Gasteiger partial charge in [-0.2, -0.15) is 0 Å². The van der Waals surface area contributed by atoms with Crippen LogP contribution in [0, 0.1) is 12.7 Å². The Kier molecular flexibility index (Phi) is 4.75. The van der Waals surface area contributed by atoms with Gasteiger partial charge in [-0.3, -0.25) is 0 Å². The maximum atomic E-state index is 14.3. The number of aliphatic hydroxyl groups is 2. The summed E-state index contributed by atoms with van der Waals surface area (Å²) < 4.78 is 22.5. The summed E-state index contributed by atoms with van der Waals surface area (Å²) in [7, 11) is 0. The molecule has 0 unspecified atom stereocenters. The lowest BCUT2D eigenvalue weighted by atomic mass is 9.83. The van der Waals surface area contributed by atoms with Crippen molar-refractivity contribution in [2.75, 3.05) is 0 Å². The van der Waals surface area contributed by atoms with Gasteiger partial charge in [-0.05, 0) is 55.9 Å². The Balaban J connectivity index is 1.46. The highest BCUT2D eigenvalue weighted by Crippen LogP contribution is 2.42. The summed E-state index contributed by atoms with van der Waals surface area (Å²) in [5.74, 6) is 0.625. The first-order chi connectivity index (χ1) is 14.5. The van der Waals surface area contributed by atoms with Gasteiger partial charge in [0.05, 0.1) is 11.7 Å². The molecule has 0 radical (unpaired) electrons. The Labute approximate surface area is 174 Å². The van der Waals surface area contributed by atoms with Crippen molar-refractivity contribution < 1.29 is 19.3 Å². The molecule has 0 saturated heterocycles. The highest BCUT2D eigenvalue weighted by molar-refractivity contribution is 5.78. The summed E-state index contributed by atoms with van der Waals surface area (Å²) in [5, 5.41) is 22.5. The van der Waals surface area contributed by atoms with Gasteiger partial charge < -0.3 is 19.5 Å². The van der Waals surface area contributed by atoms with Crippen LogP contribution in [0.1, 0.15) is 55.0 Å². The van der Waals surface area contributed by atoms with Crippen LogP contribution in [0.4, 0.5) is 4.39 Å². The summed E-state index contributed by atoms with van der Waals surface area (Å²) in [4.78, 5) is 8.58. The van der Waals surface area contributed by atoms with Crippen LogP contribution in [0.2, 0.25) is 0 Å². The molecule has 0 amide bonds. The van der Waals surface area contributed by atoms with E-state index >= 15 is 0 Å². The van der Waals surface area contributed by atoms with Crippen molar-refractivity contribution >= 4 is 11.0 Å². The van der Waals surface area contributed by atoms with Crippen LogP contribution in [0.15, 0.2) is 30.7 Å². The van der Waals surface area contributed by atoms with Crippen LogP contribution in [0.3, 0.4) is 0 Å². The first-order valence-electron chi connectivity index (χ1n) is 10.6. The van der Waals surface area contributed by atoms with Crippen molar-refractivity contribution in [1.82, 2.24) is 14.5 Å². The fourth-order valence-corrected chi connectivity index (χ4v) is 5.13. The fraction of sp³-hybridized carbons (Fsp3) is 0.478. The zero-order valence-electron chi connectivity index (χ0n) is 17.1. The Bertz CT molecular complexity index is 1100. The number of aryl methyl sites for hydroxylation is 1. The molecule has 2 aromatic heterocycles. The number of aromatic nitrogens is 3. The summed E-state index contributed by atoms with van der Waals surface area (Å²) in [6, 6.07) is 4.66. The van der Waals surface area contributed by atoms with Crippen molar-refractivity contribution in [2.45, 2.75) is 69.8 Å². The van der Waals surface area contributed by atoms with Crippen LogP contribution < -0.4 is 4.74 Å². The molecule has 158 valence electrons. The first kappa shape index (κ1) is 19.5. The van der Waals surface area contributed by atoms with Crippen molar-refractivity contribution in [3.05, 3.63) is 53.4 Å². The maximum absolute atomic E-state index is 14.3. The quantitative estimate of drug-likeness (QED) is 0.690. The van der Waals surface area contributed by atoms with Gasteiger partial charge in [-0.25, -0.2) is 14.4 Å². The summed E-state index contributed by atoms with van der Waals surface area (Å²) in [5.41, 5.74) is 3.22. The first-order valence-corrected chi connectivity index (χ1v) is 10.6. The van der Waals surface area contributed by atoms with E-state index in [2.05, 4.69) is 16.9 Å². The van der Waals surface area contributed by atoms with E-state index in [-0.39, 0.29) is 17.8 Å². The van der Waals surface area contributed by atoms with Crippen LogP contribution in [-0.4, -0.2) is 43.1 Å². The minimum atomic E-state index is -1.05. The third-order valence-corrected chi connectivity index (χ3v) is 6.76. The third-order valence-electron chi connectivity index (χ3n) is 6.76. The second-order valence-electron chi connectivity index (χ2n) is 8.59. The zero-order chi connectivity index (χ0) is 21.0. The number of halogens is 1. The zero-order valence-corrected chi connectivity index (χ0v) is 17.1. The molecule has 2 heterocycles. The second kappa shape index (κ2) is 7.32. The molecule has 2 aliphatic rings. The number of nitrogens with zero attached hydrogens (tertiary/aromatic N) is 3. The fourth-order valence-electron chi connectivity index (χ4n) is 5.13. The van der Waals surface area contributed by atoms with Crippen LogP contribution in [-0.2, 0) is 6.42 Å². The lowest BCUT2D eigenvalue weighted by molar-refractivity contribution is -0.0167. The largest absolute Gasteiger partial charge is 0.487 e. The van der Waals surface area contributed by atoms with E-state index in [4.69, 9.17) is 4.74 Å². The summed E-state index contributed by atoms with van der Waals surface area (Å²) in [6.45, 7) is 4.00. The predicted octanol–water partition coefficient (Wildman–Crippen LogP) is 3.43. The smallest absolute Gasteiger partial charge is 0.143 e. The number of fused-ring (bicyclic) bond motifs is 2. The minimum absolute atomic E-state index is 0.192. The van der Waals surface area contributed by atoms with Crippen molar-refractivity contribution in [3.8, 4) is 5.75 Å². The van der Waals surface area contributed by atoms with Gasteiger partial charge in [0.2, 0.25) is 0 Å². The van der Waals surface area contributed by atoms with E-state index in [1.54, 1.807) is 6.07 Å². The van der Waals surface area contributed by atoms with E-state index < -0.39 is 18.3 Å². The molecule has 5 atom stereocenters. The topological polar surface area (TPSA) is 80.4 Å². The Hall–Kier alpha value is -2.51. The van der Waals surface area contributed by atoms with Gasteiger partial charge in [0.1, 0.15) is 41.9 Å². The number of rotatable bonds is 3. The lowest BCUT2D eigenvalue weighted by Gasteiger charge is -2.27. The number of benzene rings is 1. The minimum Gasteiger partial charge on any atom is -0.487 e. The molecule has 2 N–H and O–H groups in total. The number of hydrogen-bond donors (Lipinski definition) is 2. The molecule has 7 heteroatoms. The lowest BCUT2D eigenvalue weighted by Crippen LogP contribution is -2.34. The number of hydrogen-bond acceptors (Lipinski definition) is 5. The summed E-state index contributed by atoms with van der Waals surface area (Å²) >= 11 is 0. The number of aliphatic hydroxyl groups excluding tert-OH is 2. The molecule has 0 aliphatic heterocycles. The average Bonchev–Trinajstić information content (AvgIpc) is 3.28. The van der Waals surface area contributed by atoms with E-state index in [0.717, 1.165) is 40.7 Å². The average molecular weight is 411 g/mol. The molecular weight excluding hydrogens is 385 g/mol. The van der Waals surface area contributed by atoms with E-state index in [1.807, 2.05) is 23.8 Å². The predicted molar refractivity (Wildman–Crippen MR) is 110 cm³/mol. The summed E-state index contributed by atoms with van der Waals surface area (Å²) in [6.07, 6.45) is 3.83. The van der Waals surface area contributed by atoms with Crippen LogP contribution >= 0.6 is 0 Å². The Morgan fingerprint density at radius 1 is 1.17 bits per heavy atom. The molecule has 30 heavy (non-hydrogen) atoms. The molecule has 3 aromatic rings. The standard InChI is InChI=1S/C23H26FN3O3/c1-12-4-3-5-15-16(24)6-7-18(20(12)15)30-19-10-17(21(28)22(19)29)27-9-8-14-13(2)25-11-26-23(14)27/h6-9,11-12,17,19,21-22,28-29H,3-5,10H2,1-2H3/t12-,17-,19+,21+,22-/m1/s1. The van der Waals surface area contributed by atoms with Gasteiger partial charge in [-0.1, -0.05) is 6.92 Å². The van der Waals surface area contributed by atoms with Gasteiger partial charge in [-0.15, -0.1) is 0 Å². The van der Waals surface area contributed by atoms with Crippen molar-refractivity contribution in [1.29, 1.82) is 0 Å². The molecule has 1 saturated carbocycles. The monoisotopic (exact) mass is 411 g/mol.